The van der Waals surface area contributed by atoms with E-state index in [2.05, 4.69) is 31.3 Å². The normalized spacial score (nSPS) is 12.5. The molecule has 0 aromatic heterocycles. The summed E-state index contributed by atoms with van der Waals surface area (Å²) in [6.07, 6.45) is 78.2. The Hall–Kier alpha value is -1.40. The van der Waals surface area contributed by atoms with E-state index >= 15 is 0 Å². The molecule has 0 aliphatic heterocycles. The van der Waals surface area contributed by atoms with E-state index in [0.29, 0.717) is 25.9 Å². The monoisotopic (exact) mass is 1040 g/mol. The molecular formula is C68H133NO5. The van der Waals surface area contributed by atoms with Crippen molar-refractivity contribution in [3.63, 3.8) is 0 Å². The summed E-state index contributed by atoms with van der Waals surface area (Å²) in [5, 5.41) is 23.4. The fourth-order valence-corrected chi connectivity index (χ4v) is 10.9. The Morgan fingerprint density at radius 3 is 1.00 bits per heavy atom. The molecule has 440 valence electrons. The highest BCUT2D eigenvalue weighted by Gasteiger charge is 2.20. The molecule has 0 aliphatic rings. The molecule has 6 nitrogen and oxygen atoms in total. The number of esters is 1. The number of unbranched alkanes of at least 4 members (excludes halogenated alkanes) is 51. The predicted octanol–water partition coefficient (Wildman–Crippen LogP) is 21.6. The summed E-state index contributed by atoms with van der Waals surface area (Å²) in [5.41, 5.74) is 0. The number of ether oxygens (including phenoxy) is 1. The van der Waals surface area contributed by atoms with E-state index in [1.165, 1.54) is 308 Å². The third-order valence-corrected chi connectivity index (χ3v) is 16.1. The van der Waals surface area contributed by atoms with Gasteiger partial charge in [0.15, 0.2) is 0 Å². The number of aliphatic hydroxyl groups is 2. The Balaban J connectivity index is 3.38. The summed E-state index contributed by atoms with van der Waals surface area (Å²) in [6, 6.07) is -0.542. The molecule has 0 aromatic carbocycles. The second-order valence-electron chi connectivity index (χ2n) is 23.5. The Morgan fingerprint density at radius 1 is 0.365 bits per heavy atom. The molecule has 3 N–H and O–H groups in total. The number of aliphatic hydroxyl groups excluding tert-OH is 2. The van der Waals surface area contributed by atoms with Crippen LogP contribution in [0, 0.1) is 0 Å². The van der Waals surface area contributed by atoms with Crippen molar-refractivity contribution in [2.75, 3.05) is 13.2 Å². The maximum Gasteiger partial charge on any atom is 0.305 e. The Labute approximate surface area is 463 Å². The molecule has 0 radical (unpaired) electrons. The molecular weight excluding hydrogens is 911 g/mol. The van der Waals surface area contributed by atoms with Crippen LogP contribution in [0.15, 0.2) is 12.2 Å². The lowest BCUT2D eigenvalue weighted by atomic mass is 10.0. The van der Waals surface area contributed by atoms with Crippen LogP contribution >= 0.6 is 0 Å². The molecule has 74 heavy (non-hydrogen) atoms. The van der Waals surface area contributed by atoms with Crippen molar-refractivity contribution >= 4 is 11.9 Å². The van der Waals surface area contributed by atoms with Gasteiger partial charge in [0.1, 0.15) is 0 Å². The quantitative estimate of drug-likeness (QED) is 0.0320. The summed E-state index contributed by atoms with van der Waals surface area (Å²) >= 11 is 0. The zero-order chi connectivity index (χ0) is 53.6. The van der Waals surface area contributed by atoms with Gasteiger partial charge in [-0.05, 0) is 44.9 Å². The van der Waals surface area contributed by atoms with Gasteiger partial charge in [0.2, 0.25) is 5.91 Å². The highest BCUT2D eigenvalue weighted by atomic mass is 16.5. The Kier molecular flexibility index (Phi) is 62.9. The molecule has 1 amide bonds. The molecule has 2 unspecified atom stereocenters. The molecule has 0 bridgehead atoms. The Bertz CT molecular complexity index is 1110. The number of rotatable bonds is 64. The SMILES string of the molecule is CCCC/C=C\CCCCCCCC(=O)OCCCCCCCCCCCCCCCCCCCCCCCCC(=O)NC(CO)C(O)CCCCCCCCCCCCCCCCCCCCCCCCCC. The van der Waals surface area contributed by atoms with Crippen molar-refractivity contribution in [2.45, 2.75) is 398 Å². The maximum atomic E-state index is 12.5. The number of hydrogen-bond acceptors (Lipinski definition) is 5. The Morgan fingerprint density at radius 2 is 0.649 bits per heavy atom. The first kappa shape index (κ1) is 72.6. The van der Waals surface area contributed by atoms with Gasteiger partial charge in [-0.3, -0.25) is 9.59 Å². The number of nitrogens with one attached hydrogen (secondary N) is 1. The second kappa shape index (κ2) is 64.1. The van der Waals surface area contributed by atoms with Gasteiger partial charge >= 0.3 is 5.97 Å². The van der Waals surface area contributed by atoms with Gasteiger partial charge < -0.3 is 20.3 Å². The zero-order valence-corrected chi connectivity index (χ0v) is 50.4. The fraction of sp³-hybridized carbons (Fsp3) is 0.941. The summed E-state index contributed by atoms with van der Waals surface area (Å²) in [5.74, 6) is -0.0270. The van der Waals surface area contributed by atoms with Gasteiger partial charge in [0, 0.05) is 12.8 Å². The molecule has 6 heteroatoms. The smallest absolute Gasteiger partial charge is 0.305 e. The van der Waals surface area contributed by atoms with Crippen LogP contribution in [0.25, 0.3) is 0 Å². The molecule has 2 atom stereocenters. The summed E-state index contributed by atoms with van der Waals surface area (Å²) in [7, 11) is 0. The summed E-state index contributed by atoms with van der Waals surface area (Å²) < 4.78 is 5.46. The molecule has 0 saturated heterocycles. The topological polar surface area (TPSA) is 95.9 Å². The summed E-state index contributed by atoms with van der Waals surface area (Å²) in [6.45, 7) is 4.95. The highest BCUT2D eigenvalue weighted by molar-refractivity contribution is 5.76. The van der Waals surface area contributed by atoms with Crippen molar-refractivity contribution in [1.82, 2.24) is 5.32 Å². The van der Waals surface area contributed by atoms with Crippen LogP contribution in [0.3, 0.4) is 0 Å². The largest absolute Gasteiger partial charge is 0.466 e. The van der Waals surface area contributed by atoms with Gasteiger partial charge in [0.25, 0.3) is 0 Å². The minimum absolute atomic E-state index is 0.00323. The highest BCUT2D eigenvalue weighted by Crippen LogP contribution is 2.19. The van der Waals surface area contributed by atoms with E-state index in [1.54, 1.807) is 0 Å². The van der Waals surface area contributed by atoms with Crippen LogP contribution in [-0.2, 0) is 14.3 Å². The van der Waals surface area contributed by atoms with Gasteiger partial charge in [-0.15, -0.1) is 0 Å². The van der Waals surface area contributed by atoms with Gasteiger partial charge in [-0.25, -0.2) is 0 Å². The van der Waals surface area contributed by atoms with Crippen molar-refractivity contribution in [1.29, 1.82) is 0 Å². The number of carbonyl (C=O) groups is 2. The van der Waals surface area contributed by atoms with Gasteiger partial charge in [-0.1, -0.05) is 341 Å². The van der Waals surface area contributed by atoms with Crippen LogP contribution in [0.1, 0.15) is 386 Å². The number of hydrogen-bond donors (Lipinski definition) is 3. The lowest BCUT2D eigenvalue weighted by molar-refractivity contribution is -0.143. The maximum absolute atomic E-state index is 12.5. The molecule has 0 saturated carbocycles. The minimum Gasteiger partial charge on any atom is -0.466 e. The second-order valence-corrected chi connectivity index (χ2v) is 23.5. The fourth-order valence-electron chi connectivity index (χ4n) is 10.9. The van der Waals surface area contributed by atoms with E-state index < -0.39 is 12.1 Å². The molecule has 0 rings (SSSR count). The van der Waals surface area contributed by atoms with Crippen LogP contribution in [0.5, 0.6) is 0 Å². The average molecular weight is 1040 g/mol. The molecule has 0 aromatic rings. The predicted molar refractivity (Wildman–Crippen MR) is 324 cm³/mol. The standard InChI is InChI=1S/C68H133NO5/c1-3-5-7-9-11-13-15-16-17-18-19-20-21-22-25-28-31-34-37-41-44-48-52-56-60-66(71)65(64-70)69-67(72)61-57-53-49-45-42-38-35-32-29-26-23-24-27-30-33-36-39-43-47-51-55-59-63-74-68(73)62-58-54-50-46-40-14-12-10-8-6-4-2/h10,12,65-66,70-71H,3-9,11,13-64H2,1-2H3,(H,69,72)/b12-10-. The van der Waals surface area contributed by atoms with E-state index in [4.69, 9.17) is 4.74 Å². The van der Waals surface area contributed by atoms with E-state index in [9.17, 15) is 19.8 Å². The molecule has 0 heterocycles. The first-order chi connectivity index (χ1) is 36.5. The van der Waals surface area contributed by atoms with Gasteiger partial charge in [0.05, 0.1) is 25.4 Å². The zero-order valence-electron chi connectivity index (χ0n) is 50.4. The molecule has 0 aliphatic carbocycles. The molecule has 0 fully saturated rings. The van der Waals surface area contributed by atoms with Crippen LogP contribution in [0.4, 0.5) is 0 Å². The lowest BCUT2D eigenvalue weighted by Gasteiger charge is -2.22. The van der Waals surface area contributed by atoms with Gasteiger partial charge in [-0.2, -0.15) is 0 Å². The third kappa shape index (κ3) is 59.8. The van der Waals surface area contributed by atoms with Crippen molar-refractivity contribution in [3.05, 3.63) is 12.2 Å². The van der Waals surface area contributed by atoms with Crippen molar-refractivity contribution in [3.8, 4) is 0 Å². The van der Waals surface area contributed by atoms with Crippen molar-refractivity contribution < 1.29 is 24.5 Å². The van der Waals surface area contributed by atoms with Crippen molar-refractivity contribution in [2.24, 2.45) is 0 Å². The van der Waals surface area contributed by atoms with Crippen LogP contribution in [0.2, 0.25) is 0 Å². The van der Waals surface area contributed by atoms with E-state index in [0.717, 1.165) is 44.9 Å². The average Bonchev–Trinajstić information content (AvgIpc) is 3.40. The van der Waals surface area contributed by atoms with E-state index in [1.807, 2.05) is 0 Å². The van der Waals surface area contributed by atoms with E-state index in [-0.39, 0.29) is 18.5 Å². The third-order valence-electron chi connectivity index (χ3n) is 16.1. The first-order valence-electron chi connectivity index (χ1n) is 33.9. The summed E-state index contributed by atoms with van der Waals surface area (Å²) in [4.78, 5) is 24.5. The first-order valence-corrected chi connectivity index (χ1v) is 33.9. The minimum atomic E-state index is -0.665. The number of allylic oxidation sites excluding steroid dienone is 2. The molecule has 0 spiro atoms. The number of carbonyl (C=O) groups excluding carboxylic acids is 2. The lowest BCUT2D eigenvalue weighted by Crippen LogP contribution is -2.45. The number of amides is 1. The van der Waals surface area contributed by atoms with Crippen LogP contribution < -0.4 is 5.32 Å². The van der Waals surface area contributed by atoms with Crippen LogP contribution in [-0.4, -0.2) is 47.4 Å².